The van der Waals surface area contributed by atoms with Gasteiger partial charge in [-0.15, -0.1) is 0 Å². The zero-order valence-electron chi connectivity index (χ0n) is 7.90. The van der Waals surface area contributed by atoms with E-state index < -0.39 is 0 Å². The predicted molar refractivity (Wildman–Crippen MR) is 48.4 cm³/mol. The number of aryl methyl sites for hydroxylation is 1. The molecule has 2 heterocycles. The number of hydrogen-bond donors (Lipinski definition) is 0. The molecule has 0 spiro atoms. The molecule has 0 aliphatic heterocycles. The number of hydrogen-bond acceptors (Lipinski definition) is 4. The molecule has 0 atom stereocenters. The Morgan fingerprint density at radius 2 is 2.15 bits per heavy atom. The van der Waals surface area contributed by atoms with Crippen LogP contribution >= 0.6 is 0 Å². The lowest BCUT2D eigenvalue weighted by Crippen LogP contribution is -1.96. The summed E-state index contributed by atoms with van der Waals surface area (Å²) in [7, 11) is 0. The summed E-state index contributed by atoms with van der Waals surface area (Å²) < 4.78 is 5.01. The standard InChI is InChI=1S/C9H11N3O/c1-5(2)9-10-4-7-8(11-9)6(3)12-13-7/h4-5H,1-3H3. The maximum absolute atomic E-state index is 5.01. The van der Waals surface area contributed by atoms with Crippen molar-refractivity contribution < 1.29 is 4.52 Å². The molecule has 4 heteroatoms. The summed E-state index contributed by atoms with van der Waals surface area (Å²) in [4.78, 5) is 8.54. The number of aromatic nitrogens is 3. The van der Waals surface area contributed by atoms with Crippen LogP contribution in [0.5, 0.6) is 0 Å². The van der Waals surface area contributed by atoms with Crippen molar-refractivity contribution in [1.82, 2.24) is 15.1 Å². The first kappa shape index (κ1) is 8.16. The Morgan fingerprint density at radius 1 is 1.38 bits per heavy atom. The first-order valence-electron chi connectivity index (χ1n) is 4.27. The van der Waals surface area contributed by atoms with Crippen LogP contribution in [-0.2, 0) is 0 Å². The highest BCUT2D eigenvalue weighted by Crippen LogP contribution is 2.17. The van der Waals surface area contributed by atoms with Crippen LogP contribution in [0.2, 0.25) is 0 Å². The first-order chi connectivity index (χ1) is 6.18. The fraction of sp³-hybridized carbons (Fsp3) is 0.444. The highest BCUT2D eigenvalue weighted by Gasteiger charge is 2.09. The summed E-state index contributed by atoms with van der Waals surface area (Å²) in [6.07, 6.45) is 1.68. The smallest absolute Gasteiger partial charge is 0.203 e. The van der Waals surface area contributed by atoms with Gasteiger partial charge in [-0.1, -0.05) is 19.0 Å². The van der Waals surface area contributed by atoms with Crippen LogP contribution < -0.4 is 0 Å². The third-order valence-corrected chi connectivity index (χ3v) is 1.91. The summed E-state index contributed by atoms with van der Waals surface area (Å²) in [5, 5.41) is 3.82. The van der Waals surface area contributed by atoms with E-state index in [4.69, 9.17) is 4.52 Å². The Hall–Kier alpha value is -1.45. The van der Waals surface area contributed by atoms with Crippen LogP contribution in [0.15, 0.2) is 10.7 Å². The highest BCUT2D eigenvalue weighted by molar-refractivity contribution is 5.73. The van der Waals surface area contributed by atoms with Gasteiger partial charge in [-0.25, -0.2) is 9.97 Å². The average Bonchev–Trinajstić information content (AvgIpc) is 2.47. The molecule has 2 rings (SSSR count). The van der Waals surface area contributed by atoms with Gasteiger partial charge in [-0.3, -0.25) is 0 Å². The molecule has 0 bridgehead atoms. The summed E-state index contributed by atoms with van der Waals surface area (Å²) in [6.45, 7) is 6.00. The van der Waals surface area contributed by atoms with Crippen LogP contribution in [0.3, 0.4) is 0 Å². The van der Waals surface area contributed by atoms with E-state index in [9.17, 15) is 0 Å². The molecule has 4 nitrogen and oxygen atoms in total. The van der Waals surface area contributed by atoms with Crippen LogP contribution in [0.1, 0.15) is 31.3 Å². The van der Waals surface area contributed by atoms with Crippen molar-refractivity contribution in [1.29, 1.82) is 0 Å². The molecule has 0 saturated heterocycles. The minimum absolute atomic E-state index is 0.332. The molecule has 0 unspecified atom stereocenters. The van der Waals surface area contributed by atoms with E-state index in [0.717, 1.165) is 17.0 Å². The SMILES string of the molecule is Cc1noc2cnc(C(C)C)nc12. The fourth-order valence-corrected chi connectivity index (χ4v) is 1.15. The van der Waals surface area contributed by atoms with Gasteiger partial charge in [-0.05, 0) is 6.92 Å². The third-order valence-electron chi connectivity index (χ3n) is 1.91. The normalized spacial score (nSPS) is 11.4. The topological polar surface area (TPSA) is 51.8 Å². The van der Waals surface area contributed by atoms with Gasteiger partial charge in [0.05, 0.1) is 6.20 Å². The van der Waals surface area contributed by atoms with Gasteiger partial charge in [0, 0.05) is 5.92 Å². The van der Waals surface area contributed by atoms with E-state index in [0.29, 0.717) is 11.5 Å². The summed E-state index contributed by atoms with van der Waals surface area (Å²) in [5.41, 5.74) is 2.29. The summed E-state index contributed by atoms with van der Waals surface area (Å²) in [6, 6.07) is 0. The lowest BCUT2D eigenvalue weighted by atomic mass is 10.2. The number of rotatable bonds is 1. The maximum Gasteiger partial charge on any atom is 0.203 e. The Bertz CT molecular complexity index is 433. The molecule has 0 radical (unpaired) electrons. The largest absolute Gasteiger partial charge is 0.353 e. The molecule has 2 aromatic rings. The van der Waals surface area contributed by atoms with Crippen LogP contribution in [0.25, 0.3) is 11.1 Å². The van der Waals surface area contributed by atoms with Crippen molar-refractivity contribution in [3.8, 4) is 0 Å². The Labute approximate surface area is 76.0 Å². The van der Waals surface area contributed by atoms with Crippen LogP contribution in [0.4, 0.5) is 0 Å². The number of fused-ring (bicyclic) bond motifs is 1. The van der Waals surface area contributed by atoms with E-state index in [2.05, 4.69) is 29.0 Å². The second kappa shape index (κ2) is 2.80. The highest BCUT2D eigenvalue weighted by atomic mass is 16.5. The molecule has 2 aromatic heterocycles. The Kier molecular flexibility index (Phi) is 1.76. The molecule has 0 aromatic carbocycles. The quantitative estimate of drug-likeness (QED) is 0.668. The molecule has 0 saturated carbocycles. The van der Waals surface area contributed by atoms with Crippen molar-refractivity contribution in [2.75, 3.05) is 0 Å². The molecular formula is C9H11N3O. The van der Waals surface area contributed by atoms with E-state index in [1.54, 1.807) is 6.20 Å². The van der Waals surface area contributed by atoms with Gasteiger partial charge in [0.25, 0.3) is 0 Å². The van der Waals surface area contributed by atoms with Crippen molar-refractivity contribution in [3.05, 3.63) is 17.7 Å². The van der Waals surface area contributed by atoms with Gasteiger partial charge < -0.3 is 4.52 Å². The van der Waals surface area contributed by atoms with Gasteiger partial charge in [0.2, 0.25) is 5.58 Å². The average molecular weight is 177 g/mol. The second-order valence-corrected chi connectivity index (χ2v) is 3.36. The first-order valence-corrected chi connectivity index (χ1v) is 4.27. The monoisotopic (exact) mass is 177 g/mol. The lowest BCUT2D eigenvalue weighted by molar-refractivity contribution is 0.449. The molecule has 13 heavy (non-hydrogen) atoms. The molecule has 0 fully saturated rings. The van der Waals surface area contributed by atoms with Crippen molar-refractivity contribution >= 4 is 11.1 Å². The molecule has 0 aliphatic carbocycles. The molecule has 0 aliphatic rings. The summed E-state index contributed by atoms with van der Waals surface area (Å²) >= 11 is 0. The molecule has 68 valence electrons. The van der Waals surface area contributed by atoms with Gasteiger partial charge in [0.1, 0.15) is 17.0 Å². The molecule has 0 amide bonds. The third kappa shape index (κ3) is 1.28. The Balaban J connectivity index is 2.66. The van der Waals surface area contributed by atoms with Crippen molar-refractivity contribution in [2.45, 2.75) is 26.7 Å². The maximum atomic E-state index is 5.01. The zero-order chi connectivity index (χ0) is 9.42. The lowest BCUT2D eigenvalue weighted by Gasteiger charge is -2.00. The van der Waals surface area contributed by atoms with Gasteiger partial charge in [0.15, 0.2) is 0 Å². The second-order valence-electron chi connectivity index (χ2n) is 3.36. The zero-order valence-corrected chi connectivity index (χ0v) is 7.90. The van der Waals surface area contributed by atoms with Gasteiger partial charge in [-0.2, -0.15) is 0 Å². The van der Waals surface area contributed by atoms with Crippen molar-refractivity contribution in [3.63, 3.8) is 0 Å². The van der Waals surface area contributed by atoms with Crippen LogP contribution in [-0.4, -0.2) is 15.1 Å². The van der Waals surface area contributed by atoms with E-state index in [1.165, 1.54) is 0 Å². The predicted octanol–water partition coefficient (Wildman–Crippen LogP) is 2.05. The Morgan fingerprint density at radius 3 is 2.85 bits per heavy atom. The molecular weight excluding hydrogens is 166 g/mol. The van der Waals surface area contributed by atoms with E-state index >= 15 is 0 Å². The van der Waals surface area contributed by atoms with E-state index in [-0.39, 0.29) is 0 Å². The number of nitrogens with zero attached hydrogens (tertiary/aromatic N) is 3. The van der Waals surface area contributed by atoms with Crippen molar-refractivity contribution in [2.24, 2.45) is 0 Å². The fourth-order valence-electron chi connectivity index (χ4n) is 1.15. The van der Waals surface area contributed by atoms with E-state index in [1.807, 2.05) is 6.92 Å². The minimum atomic E-state index is 0.332. The van der Waals surface area contributed by atoms with Crippen LogP contribution in [0, 0.1) is 6.92 Å². The molecule has 0 N–H and O–H groups in total. The minimum Gasteiger partial charge on any atom is -0.353 e. The van der Waals surface area contributed by atoms with Gasteiger partial charge >= 0.3 is 0 Å². The summed E-state index contributed by atoms with van der Waals surface area (Å²) in [5.74, 6) is 1.16.